The maximum Gasteiger partial charge on any atom is 0.416 e. The summed E-state index contributed by atoms with van der Waals surface area (Å²) in [5.41, 5.74) is -0.576. The number of pyridine rings is 1. The number of aromatic nitrogens is 1. The second-order valence-electron chi connectivity index (χ2n) is 8.39. The summed E-state index contributed by atoms with van der Waals surface area (Å²) in [5.74, 6) is -1.78. The minimum absolute atomic E-state index is 0.0340. The van der Waals surface area contributed by atoms with Gasteiger partial charge in [-0.1, -0.05) is 11.6 Å². The summed E-state index contributed by atoms with van der Waals surface area (Å²) < 4.78 is 44.7. The summed E-state index contributed by atoms with van der Waals surface area (Å²) in [6, 6.07) is 2.97. The van der Waals surface area contributed by atoms with Crippen LogP contribution < -0.4 is 21.3 Å². The molecule has 39 heavy (non-hydrogen) atoms. The van der Waals surface area contributed by atoms with Gasteiger partial charge < -0.3 is 31.1 Å². The predicted octanol–water partition coefficient (Wildman–Crippen LogP) is 2.03. The largest absolute Gasteiger partial charge is 0.466 e. The normalized spacial score (nSPS) is 15.8. The number of nitrogens with one attached hydrogen (secondary N) is 4. The van der Waals surface area contributed by atoms with E-state index in [0.717, 1.165) is 12.1 Å². The van der Waals surface area contributed by atoms with E-state index in [1.807, 2.05) is 0 Å². The van der Waals surface area contributed by atoms with Crippen LogP contribution in [0.3, 0.4) is 0 Å². The van der Waals surface area contributed by atoms with Gasteiger partial charge in [0.1, 0.15) is 0 Å². The van der Waals surface area contributed by atoms with Crippen LogP contribution in [0.2, 0.25) is 5.02 Å². The molecule has 2 aromatic rings. The lowest BCUT2D eigenvalue weighted by Crippen LogP contribution is -2.42. The number of amides is 2. The summed E-state index contributed by atoms with van der Waals surface area (Å²) in [4.78, 5) is 45.4. The third kappa shape index (κ3) is 9.11. The van der Waals surface area contributed by atoms with Crippen molar-refractivity contribution in [3.05, 3.63) is 58.4 Å². The molecule has 5 N–H and O–H groups in total. The first-order valence-corrected chi connectivity index (χ1v) is 12.1. The van der Waals surface area contributed by atoms with E-state index in [9.17, 15) is 32.7 Å². The van der Waals surface area contributed by atoms with Crippen LogP contribution in [0.15, 0.2) is 41.7 Å². The second kappa shape index (κ2) is 13.2. The number of guanidine groups is 1. The zero-order valence-electron chi connectivity index (χ0n) is 20.6. The highest BCUT2D eigenvalue weighted by Crippen LogP contribution is 2.34. The van der Waals surface area contributed by atoms with Crippen LogP contribution in [0.1, 0.15) is 40.9 Å². The average molecular weight is 571 g/mol. The molecule has 0 fully saturated rings. The quantitative estimate of drug-likeness (QED) is 0.287. The van der Waals surface area contributed by atoms with Gasteiger partial charge in [-0.15, -0.1) is 0 Å². The summed E-state index contributed by atoms with van der Waals surface area (Å²) in [6.07, 6.45) is -3.05. The number of aliphatic imine (C=N–C) groups is 1. The lowest BCUT2D eigenvalue weighted by Gasteiger charge is -2.20. The van der Waals surface area contributed by atoms with Crippen molar-refractivity contribution in [2.45, 2.75) is 31.7 Å². The van der Waals surface area contributed by atoms with Crippen LogP contribution in [0, 0.1) is 0 Å². The van der Waals surface area contributed by atoms with E-state index in [1.165, 1.54) is 24.5 Å². The summed E-state index contributed by atoms with van der Waals surface area (Å²) in [7, 11) is 0. The number of anilines is 1. The van der Waals surface area contributed by atoms with Crippen molar-refractivity contribution in [2.24, 2.45) is 4.99 Å². The summed E-state index contributed by atoms with van der Waals surface area (Å²) in [5, 5.41) is 19.9. The number of halogens is 4. The Morgan fingerprint density at radius 1 is 1.23 bits per heavy atom. The van der Waals surface area contributed by atoms with Gasteiger partial charge in [-0.05, 0) is 36.8 Å². The van der Waals surface area contributed by atoms with Crippen LogP contribution in [0.4, 0.5) is 18.9 Å². The fourth-order valence-electron chi connectivity index (χ4n) is 3.51. The van der Waals surface area contributed by atoms with E-state index in [0.29, 0.717) is 18.2 Å². The van der Waals surface area contributed by atoms with Crippen molar-refractivity contribution in [1.82, 2.24) is 20.9 Å². The number of nitrogens with zero attached hydrogens (tertiary/aromatic N) is 2. The molecule has 1 aliphatic heterocycles. The molecule has 0 aliphatic carbocycles. The van der Waals surface area contributed by atoms with Crippen molar-refractivity contribution in [3.8, 4) is 0 Å². The fraction of sp³-hybridized carbons (Fsp3) is 0.375. The average Bonchev–Trinajstić information content (AvgIpc) is 2.87. The van der Waals surface area contributed by atoms with Gasteiger partial charge >= 0.3 is 12.1 Å². The molecule has 0 bridgehead atoms. The molecule has 0 radical (unpaired) electrons. The zero-order valence-corrected chi connectivity index (χ0v) is 21.4. The lowest BCUT2D eigenvalue weighted by molar-refractivity contribution is -0.143. The van der Waals surface area contributed by atoms with E-state index in [1.54, 1.807) is 6.92 Å². The van der Waals surface area contributed by atoms with Crippen LogP contribution in [-0.2, 0) is 20.5 Å². The Morgan fingerprint density at radius 3 is 2.67 bits per heavy atom. The Balaban J connectivity index is 1.66. The molecule has 1 aromatic carbocycles. The number of ether oxygens (including phenoxy) is 1. The van der Waals surface area contributed by atoms with E-state index < -0.39 is 54.6 Å². The predicted molar refractivity (Wildman–Crippen MR) is 135 cm³/mol. The van der Waals surface area contributed by atoms with Gasteiger partial charge in [0, 0.05) is 17.8 Å². The first-order chi connectivity index (χ1) is 18.4. The molecule has 210 valence electrons. The highest BCUT2D eigenvalue weighted by atomic mass is 35.5. The Bertz CT molecular complexity index is 1240. The third-order valence-corrected chi connectivity index (χ3v) is 5.52. The number of carbonyl (C=O) groups is 3. The van der Waals surface area contributed by atoms with Crippen molar-refractivity contribution in [1.29, 1.82) is 0 Å². The van der Waals surface area contributed by atoms with Crippen molar-refractivity contribution in [3.63, 3.8) is 0 Å². The SMILES string of the molecule is CCOC(=O)C[C@H](NC(=O)CNC(=O)c1cncc(NC2=NCC(O)CN2)c1)c1cc(Cl)cc(C(F)(F)F)c1. The smallest absolute Gasteiger partial charge is 0.416 e. The number of aliphatic hydroxyl groups is 1. The van der Waals surface area contributed by atoms with E-state index in [-0.39, 0.29) is 29.3 Å². The number of β-amino-alcohol motifs (C(OH)–C–C–N with tert-alkyl or cyclic N) is 1. The molecule has 1 unspecified atom stereocenters. The molecule has 2 atom stereocenters. The molecule has 0 spiro atoms. The first kappa shape index (κ1) is 29.6. The lowest BCUT2D eigenvalue weighted by atomic mass is 10.0. The molecule has 0 saturated carbocycles. The Hall–Kier alpha value is -3.91. The maximum atomic E-state index is 13.3. The number of benzene rings is 1. The Morgan fingerprint density at radius 2 is 2.00 bits per heavy atom. The highest BCUT2D eigenvalue weighted by molar-refractivity contribution is 6.30. The first-order valence-electron chi connectivity index (χ1n) is 11.7. The van der Waals surface area contributed by atoms with E-state index >= 15 is 0 Å². The molecule has 0 saturated heterocycles. The van der Waals surface area contributed by atoms with Crippen LogP contribution >= 0.6 is 11.6 Å². The summed E-state index contributed by atoms with van der Waals surface area (Å²) >= 11 is 5.87. The molecular formula is C24H26ClF3N6O5. The monoisotopic (exact) mass is 570 g/mol. The van der Waals surface area contributed by atoms with Crippen molar-refractivity contribution < 1.29 is 37.4 Å². The van der Waals surface area contributed by atoms with Gasteiger partial charge in [-0.25, -0.2) is 0 Å². The number of alkyl halides is 3. The molecule has 15 heteroatoms. The standard InChI is InChI=1S/C24H26ClF3N6O5/c1-2-39-21(37)7-19(13-3-15(24(26,27)28)6-16(25)4-13)34-20(36)12-30-22(38)14-5-17(9-29-8-14)33-23-31-10-18(35)11-32-23/h3-6,8-9,18-19,35H,2,7,10-12H2,1H3,(H,30,38)(H,34,36)(H2,31,32,33)/t19-/m0/s1. The topological polar surface area (TPSA) is 154 Å². The van der Waals surface area contributed by atoms with Gasteiger partial charge in [0.05, 0.1) is 61.3 Å². The fourth-order valence-corrected chi connectivity index (χ4v) is 3.75. The number of hydrogen-bond acceptors (Lipinski definition) is 9. The van der Waals surface area contributed by atoms with E-state index in [4.69, 9.17) is 16.3 Å². The highest BCUT2D eigenvalue weighted by Gasteiger charge is 2.32. The molecule has 1 aliphatic rings. The molecular weight excluding hydrogens is 545 g/mol. The molecule has 3 rings (SSSR count). The number of esters is 1. The molecule has 2 amide bonds. The molecule has 11 nitrogen and oxygen atoms in total. The number of rotatable bonds is 9. The second-order valence-corrected chi connectivity index (χ2v) is 8.83. The third-order valence-electron chi connectivity index (χ3n) is 5.30. The summed E-state index contributed by atoms with van der Waals surface area (Å²) in [6.45, 7) is 1.56. The minimum Gasteiger partial charge on any atom is -0.466 e. The van der Waals surface area contributed by atoms with Crippen molar-refractivity contribution in [2.75, 3.05) is 31.6 Å². The van der Waals surface area contributed by atoms with Crippen LogP contribution in [0.25, 0.3) is 0 Å². The Kier molecular flexibility index (Phi) is 10.1. The maximum absolute atomic E-state index is 13.3. The molecule has 1 aromatic heterocycles. The number of hydrogen-bond donors (Lipinski definition) is 5. The van der Waals surface area contributed by atoms with Crippen LogP contribution in [-0.4, -0.2) is 66.2 Å². The van der Waals surface area contributed by atoms with Gasteiger partial charge in [0.2, 0.25) is 5.91 Å². The van der Waals surface area contributed by atoms with Gasteiger partial charge in [0.25, 0.3) is 5.91 Å². The van der Waals surface area contributed by atoms with Gasteiger partial charge in [-0.2, -0.15) is 13.2 Å². The van der Waals surface area contributed by atoms with E-state index in [2.05, 4.69) is 31.2 Å². The molecule has 2 heterocycles. The minimum atomic E-state index is -4.70. The Labute approximate surface area is 226 Å². The van der Waals surface area contributed by atoms with Gasteiger partial charge in [-0.3, -0.25) is 24.4 Å². The van der Waals surface area contributed by atoms with Crippen LogP contribution in [0.5, 0.6) is 0 Å². The number of aliphatic hydroxyl groups excluding tert-OH is 1. The zero-order chi connectivity index (χ0) is 28.6. The van der Waals surface area contributed by atoms with Gasteiger partial charge in [0.15, 0.2) is 5.96 Å². The number of carbonyl (C=O) groups excluding carboxylic acids is 3. The van der Waals surface area contributed by atoms with Crippen molar-refractivity contribution >= 4 is 41.0 Å².